The molecule has 0 rings (SSSR count). The molecule has 0 aliphatic heterocycles. The van der Waals surface area contributed by atoms with E-state index in [0.29, 0.717) is 0 Å². The molecule has 0 aliphatic rings. The molecule has 11 heteroatoms. The van der Waals surface area contributed by atoms with Gasteiger partial charge < -0.3 is 0 Å². The molecular formula is C12H28O4P2S4Se. The van der Waals surface area contributed by atoms with Gasteiger partial charge in [-0.3, -0.25) is 0 Å². The predicted octanol–water partition coefficient (Wildman–Crippen LogP) is 6.14. The minimum atomic E-state index is -2.37. The van der Waals surface area contributed by atoms with E-state index in [9.17, 15) is 0 Å². The van der Waals surface area contributed by atoms with Crippen molar-refractivity contribution in [2.24, 2.45) is 0 Å². The van der Waals surface area contributed by atoms with Gasteiger partial charge in [0.05, 0.1) is 0 Å². The van der Waals surface area contributed by atoms with Crippen LogP contribution in [0.2, 0.25) is 0 Å². The van der Waals surface area contributed by atoms with E-state index in [1.54, 1.807) is 19.6 Å². The second-order valence-electron chi connectivity index (χ2n) is 5.73. The molecule has 0 saturated heterocycles. The van der Waals surface area contributed by atoms with E-state index in [2.05, 4.69) is 0 Å². The molecule has 0 amide bonds. The Balaban J connectivity index is 4.80. The maximum absolute atomic E-state index is 5.89. The fraction of sp³-hybridized carbons (Fsp3) is 1.00. The first-order valence-corrected chi connectivity index (χ1v) is 19.5. The van der Waals surface area contributed by atoms with Gasteiger partial charge in [0.15, 0.2) is 0 Å². The predicted molar refractivity (Wildman–Crippen MR) is 114 cm³/mol. The molecule has 0 atom stereocenters. The topological polar surface area (TPSA) is 36.9 Å². The van der Waals surface area contributed by atoms with Gasteiger partial charge in [-0.1, -0.05) is 0 Å². The SMILES string of the molecule is CC(C)OP(=S)(OC(C)C)S[Se]SP(=S)(OC(C)C)OC(C)C. The summed E-state index contributed by atoms with van der Waals surface area (Å²) in [5, 5.41) is 0. The van der Waals surface area contributed by atoms with Crippen molar-refractivity contribution in [3.8, 4) is 0 Å². The van der Waals surface area contributed by atoms with Crippen LogP contribution >= 0.6 is 31.0 Å². The van der Waals surface area contributed by atoms with Crippen molar-refractivity contribution in [1.29, 1.82) is 0 Å². The van der Waals surface area contributed by atoms with Gasteiger partial charge in [0.1, 0.15) is 0 Å². The molecule has 0 aliphatic carbocycles. The van der Waals surface area contributed by atoms with Crippen molar-refractivity contribution in [2.75, 3.05) is 0 Å². The van der Waals surface area contributed by atoms with E-state index in [1.165, 1.54) is 0 Å². The normalized spacial score (nSPS) is 13.7. The molecule has 0 saturated carbocycles. The van der Waals surface area contributed by atoms with Crippen LogP contribution in [0.4, 0.5) is 0 Å². The average Bonchev–Trinajstić information content (AvgIpc) is 2.22. The number of rotatable bonds is 12. The van der Waals surface area contributed by atoms with Gasteiger partial charge in [0.2, 0.25) is 0 Å². The summed E-state index contributed by atoms with van der Waals surface area (Å²) in [7, 11) is 3.14. The first kappa shape index (κ1) is 25.4. The Labute approximate surface area is 164 Å². The molecule has 0 unspecified atom stereocenters. The summed E-state index contributed by atoms with van der Waals surface area (Å²) in [6.45, 7) is 15.8. The van der Waals surface area contributed by atoms with Crippen LogP contribution in [0.15, 0.2) is 0 Å². The van der Waals surface area contributed by atoms with Crippen molar-refractivity contribution in [1.82, 2.24) is 0 Å². The molecule has 0 N–H and O–H groups in total. The molecule has 140 valence electrons. The van der Waals surface area contributed by atoms with Gasteiger partial charge in [-0.05, 0) is 0 Å². The van der Waals surface area contributed by atoms with E-state index in [0.717, 1.165) is 0 Å². The summed E-state index contributed by atoms with van der Waals surface area (Å²) >= 11 is 11.3. The molecule has 0 aromatic rings. The van der Waals surface area contributed by atoms with Gasteiger partial charge in [-0.15, -0.1) is 0 Å². The Morgan fingerprint density at radius 1 is 0.609 bits per heavy atom. The van der Waals surface area contributed by atoms with Gasteiger partial charge in [-0.2, -0.15) is 0 Å². The van der Waals surface area contributed by atoms with Gasteiger partial charge in [-0.25, -0.2) is 0 Å². The van der Waals surface area contributed by atoms with Crippen LogP contribution in [-0.4, -0.2) is 37.1 Å². The quantitative estimate of drug-likeness (QED) is 0.231. The second kappa shape index (κ2) is 11.9. The molecule has 4 nitrogen and oxygen atoms in total. The van der Waals surface area contributed by atoms with Gasteiger partial charge in [0, 0.05) is 0 Å². The molecule has 0 aromatic carbocycles. The van der Waals surface area contributed by atoms with Crippen molar-refractivity contribution in [3.05, 3.63) is 0 Å². The molecule has 0 spiro atoms. The van der Waals surface area contributed by atoms with Gasteiger partial charge in [0.25, 0.3) is 0 Å². The molecule has 0 heterocycles. The fourth-order valence-corrected chi connectivity index (χ4v) is 33.8. The van der Waals surface area contributed by atoms with Crippen LogP contribution in [0.5, 0.6) is 0 Å². The Morgan fingerprint density at radius 2 is 0.826 bits per heavy atom. The van der Waals surface area contributed by atoms with Crippen LogP contribution in [-0.2, 0) is 41.7 Å². The first-order chi connectivity index (χ1) is 10.4. The maximum atomic E-state index is 5.89. The summed E-state index contributed by atoms with van der Waals surface area (Å²) in [6.07, 6.45) is 0.147. The summed E-state index contributed by atoms with van der Waals surface area (Å²) in [6, 6.07) is 0. The summed E-state index contributed by atoms with van der Waals surface area (Å²) in [4.78, 5) is 0. The van der Waals surface area contributed by atoms with E-state index >= 15 is 0 Å². The zero-order valence-electron chi connectivity index (χ0n) is 14.9. The summed E-state index contributed by atoms with van der Waals surface area (Å²) < 4.78 is 23.6. The fourth-order valence-electron chi connectivity index (χ4n) is 1.24. The molecule has 23 heavy (non-hydrogen) atoms. The van der Waals surface area contributed by atoms with Crippen molar-refractivity contribution < 1.29 is 18.1 Å². The third kappa shape index (κ3) is 13.2. The van der Waals surface area contributed by atoms with Crippen molar-refractivity contribution in [2.45, 2.75) is 79.8 Å². The Bertz CT molecular complexity index is 369. The third-order valence-corrected chi connectivity index (χ3v) is 28.9. The zero-order chi connectivity index (χ0) is 18.3. The van der Waals surface area contributed by atoms with E-state index in [4.69, 9.17) is 41.7 Å². The number of hydrogen-bond donors (Lipinski definition) is 0. The minimum absolute atomic E-state index is 0.0125. The Kier molecular flexibility index (Phi) is 13.2. The second-order valence-corrected chi connectivity index (χ2v) is 25.5. The Hall–Kier alpha value is 2.36. The molecule has 0 bridgehead atoms. The van der Waals surface area contributed by atoms with E-state index < -0.39 is 11.4 Å². The van der Waals surface area contributed by atoms with Crippen LogP contribution in [0.25, 0.3) is 0 Å². The molecule has 0 aromatic heterocycles. The monoisotopic (exact) mass is 506 g/mol. The zero-order valence-corrected chi connectivity index (χ0v) is 21.6. The third-order valence-electron chi connectivity index (χ3n) is 1.60. The van der Waals surface area contributed by atoms with Crippen LogP contribution < -0.4 is 0 Å². The van der Waals surface area contributed by atoms with Gasteiger partial charge >= 0.3 is 165 Å². The van der Waals surface area contributed by atoms with E-state index in [-0.39, 0.29) is 37.1 Å². The summed E-state index contributed by atoms with van der Waals surface area (Å²) in [5.41, 5.74) is -4.74. The van der Waals surface area contributed by atoms with Crippen LogP contribution in [0.1, 0.15) is 55.4 Å². The molecular weight excluding hydrogens is 477 g/mol. The first-order valence-electron chi connectivity index (χ1n) is 7.36. The standard InChI is InChI=1S/C12H28O4P2S4Se/c1-9(2)13-17(19,14-10(3)4)21-23-22-18(20,15-11(5)6)16-12(7)8/h9-12H,1-8H3. The summed E-state index contributed by atoms with van der Waals surface area (Å²) in [5.74, 6) is 0. The van der Waals surface area contributed by atoms with Crippen LogP contribution in [0, 0.1) is 0 Å². The molecule has 0 fully saturated rings. The van der Waals surface area contributed by atoms with Crippen molar-refractivity contribution >= 4 is 67.3 Å². The van der Waals surface area contributed by atoms with Crippen LogP contribution in [0.3, 0.4) is 0 Å². The Morgan fingerprint density at radius 3 is 1.00 bits per heavy atom. The van der Waals surface area contributed by atoms with Crippen molar-refractivity contribution in [3.63, 3.8) is 0 Å². The average molecular weight is 506 g/mol. The number of hydrogen-bond acceptors (Lipinski definition) is 8. The van der Waals surface area contributed by atoms with E-state index in [1.807, 2.05) is 55.4 Å². The molecule has 0 radical (unpaired) electrons.